The number of alkyl carbamates (subject to hydrolysis) is 1. The van der Waals surface area contributed by atoms with Crippen molar-refractivity contribution in [3.8, 4) is 0 Å². The van der Waals surface area contributed by atoms with Gasteiger partial charge in [0.15, 0.2) is 17.3 Å². The molecule has 1 aliphatic carbocycles. The molecule has 36 heavy (non-hydrogen) atoms. The van der Waals surface area contributed by atoms with Crippen molar-refractivity contribution in [2.24, 2.45) is 0 Å². The molecule has 7 nitrogen and oxygen atoms in total. The van der Waals surface area contributed by atoms with Crippen molar-refractivity contribution in [1.82, 2.24) is 24.8 Å². The maximum Gasteiger partial charge on any atom is 0.407 e. The fraction of sp³-hybridized carbons (Fsp3) is 0.500. The minimum atomic E-state index is -1.23. The lowest BCUT2D eigenvalue weighted by atomic mass is 9.77. The van der Waals surface area contributed by atoms with E-state index in [9.17, 15) is 18.0 Å². The van der Waals surface area contributed by atoms with Crippen LogP contribution in [-0.4, -0.2) is 43.3 Å². The molecule has 1 fully saturated rings. The molecule has 1 aromatic carbocycles. The van der Waals surface area contributed by atoms with Crippen LogP contribution in [0.2, 0.25) is 0 Å². The molecule has 192 valence electrons. The summed E-state index contributed by atoms with van der Waals surface area (Å²) in [6.45, 7) is 8.57. The largest absolute Gasteiger partial charge is 0.444 e. The summed E-state index contributed by atoms with van der Waals surface area (Å²) in [6, 6.07) is 2.97. The smallest absolute Gasteiger partial charge is 0.407 e. The molecule has 0 unspecified atom stereocenters. The molecule has 0 spiro atoms. The van der Waals surface area contributed by atoms with Gasteiger partial charge in [-0.15, -0.1) is 0 Å². The van der Waals surface area contributed by atoms with E-state index in [1.807, 2.05) is 23.7 Å². The van der Waals surface area contributed by atoms with Gasteiger partial charge in [-0.1, -0.05) is 0 Å². The second-order valence-electron chi connectivity index (χ2n) is 10.8. The van der Waals surface area contributed by atoms with Gasteiger partial charge in [0.25, 0.3) is 0 Å². The number of hydrogen-bond acceptors (Lipinski definition) is 5. The molecule has 3 heterocycles. The number of hydrogen-bond donors (Lipinski definition) is 1. The second kappa shape index (κ2) is 9.06. The summed E-state index contributed by atoms with van der Waals surface area (Å²) in [7, 11) is 0. The van der Waals surface area contributed by atoms with Gasteiger partial charge in [0.1, 0.15) is 11.4 Å². The second-order valence-corrected chi connectivity index (χ2v) is 10.8. The van der Waals surface area contributed by atoms with E-state index >= 15 is 0 Å². The average Bonchev–Trinajstić information content (AvgIpc) is 3.38. The predicted octanol–water partition coefficient (Wildman–Crippen LogP) is 5.00. The molecule has 3 atom stereocenters. The monoisotopic (exact) mass is 501 g/mol. The van der Waals surface area contributed by atoms with Crippen molar-refractivity contribution in [3.05, 3.63) is 64.4 Å². The number of aryl methyl sites for hydroxylation is 1. The Morgan fingerprint density at radius 2 is 1.83 bits per heavy atom. The number of nitrogens with zero attached hydrogens (tertiary/aromatic N) is 4. The number of ether oxygens (including phenoxy) is 1. The molecule has 1 saturated carbocycles. The van der Waals surface area contributed by atoms with Crippen LogP contribution in [0.3, 0.4) is 0 Å². The van der Waals surface area contributed by atoms with Gasteiger partial charge in [0.2, 0.25) is 0 Å². The first-order valence-corrected chi connectivity index (χ1v) is 12.2. The fourth-order valence-electron chi connectivity index (χ4n) is 5.45. The van der Waals surface area contributed by atoms with E-state index in [0.29, 0.717) is 38.4 Å². The van der Waals surface area contributed by atoms with Gasteiger partial charge in [0, 0.05) is 55.0 Å². The normalized spacial score (nSPS) is 22.6. The van der Waals surface area contributed by atoms with Gasteiger partial charge >= 0.3 is 6.09 Å². The lowest BCUT2D eigenvalue weighted by Gasteiger charge is -2.40. The molecule has 0 radical (unpaired) electrons. The Balaban J connectivity index is 1.40. The number of benzene rings is 1. The van der Waals surface area contributed by atoms with Gasteiger partial charge in [-0.3, -0.25) is 4.90 Å². The molecule has 2 aliphatic rings. The maximum absolute atomic E-state index is 14.7. The average molecular weight is 502 g/mol. The Kier molecular flexibility index (Phi) is 6.18. The quantitative estimate of drug-likeness (QED) is 0.512. The van der Waals surface area contributed by atoms with Crippen LogP contribution in [0.25, 0.3) is 5.65 Å². The highest BCUT2D eigenvalue weighted by Crippen LogP contribution is 2.39. The zero-order valence-corrected chi connectivity index (χ0v) is 20.8. The Labute approximate surface area is 207 Å². The van der Waals surface area contributed by atoms with Crippen molar-refractivity contribution in [3.63, 3.8) is 0 Å². The molecule has 5 rings (SSSR count). The van der Waals surface area contributed by atoms with E-state index in [4.69, 9.17) is 4.74 Å². The van der Waals surface area contributed by atoms with Crippen LogP contribution in [0, 0.1) is 24.4 Å². The first kappa shape index (κ1) is 24.5. The van der Waals surface area contributed by atoms with E-state index in [1.54, 1.807) is 20.8 Å². The standard InChI is InChI=1S/C26H30F3N5O2/c1-14-7-24-30-11-15-12-33(13-23(15)34(24)32-14)16-5-6-17(18-9-20(28)21(29)10-19(18)27)22(8-16)31-25(35)36-26(2,3)4/h7,9-11,16-17,22H,5-6,8,12-13H2,1-4H3,(H,31,35)/t16-,17+,22-/m0/s1. The van der Waals surface area contributed by atoms with E-state index < -0.39 is 41.1 Å². The van der Waals surface area contributed by atoms with Crippen LogP contribution >= 0.6 is 0 Å². The minimum Gasteiger partial charge on any atom is -0.444 e. The SMILES string of the molecule is Cc1cc2ncc3c(n2n1)CN([C@H]1CC[C@H](c2cc(F)c(F)cc2F)[C@@H](NC(=O)OC(C)(C)C)C1)C3. The topological polar surface area (TPSA) is 71.8 Å². The van der Waals surface area contributed by atoms with Crippen LogP contribution in [-0.2, 0) is 17.8 Å². The fourth-order valence-corrected chi connectivity index (χ4v) is 5.45. The highest BCUT2D eigenvalue weighted by molar-refractivity contribution is 5.68. The summed E-state index contributed by atoms with van der Waals surface area (Å²) in [5.74, 6) is -3.67. The number of nitrogens with one attached hydrogen (secondary N) is 1. The van der Waals surface area contributed by atoms with Crippen LogP contribution in [0.15, 0.2) is 24.4 Å². The molecule has 0 saturated heterocycles. The van der Waals surface area contributed by atoms with Crippen LogP contribution in [0.5, 0.6) is 0 Å². The van der Waals surface area contributed by atoms with Crippen molar-refractivity contribution < 1.29 is 22.7 Å². The molecule has 1 amide bonds. The highest BCUT2D eigenvalue weighted by Gasteiger charge is 2.39. The molecule has 3 aromatic rings. The van der Waals surface area contributed by atoms with Crippen molar-refractivity contribution >= 4 is 11.7 Å². The molecule has 10 heteroatoms. The maximum atomic E-state index is 14.7. The van der Waals surface area contributed by atoms with Crippen LogP contribution in [0.1, 0.15) is 68.5 Å². The van der Waals surface area contributed by atoms with Gasteiger partial charge in [-0.05, 0) is 58.6 Å². The van der Waals surface area contributed by atoms with Crippen molar-refractivity contribution in [2.75, 3.05) is 0 Å². The third-order valence-electron chi connectivity index (χ3n) is 7.00. The van der Waals surface area contributed by atoms with E-state index in [-0.39, 0.29) is 11.6 Å². The predicted molar refractivity (Wildman–Crippen MR) is 127 cm³/mol. The minimum absolute atomic E-state index is 0.0658. The third kappa shape index (κ3) is 4.78. The number of carbonyl (C=O) groups excluding carboxylic acids is 1. The van der Waals surface area contributed by atoms with Crippen LogP contribution < -0.4 is 5.32 Å². The summed E-state index contributed by atoms with van der Waals surface area (Å²) in [6.07, 6.45) is 2.96. The summed E-state index contributed by atoms with van der Waals surface area (Å²) in [5.41, 5.74) is 3.23. The van der Waals surface area contributed by atoms with Crippen molar-refractivity contribution in [1.29, 1.82) is 0 Å². The summed E-state index contributed by atoms with van der Waals surface area (Å²) in [4.78, 5) is 19.5. The number of rotatable bonds is 3. The number of halogens is 3. The van der Waals surface area contributed by atoms with Gasteiger partial charge in [-0.25, -0.2) is 27.5 Å². The summed E-state index contributed by atoms with van der Waals surface area (Å²) >= 11 is 0. The Bertz CT molecular complexity index is 1320. The number of amides is 1. The van der Waals surface area contributed by atoms with Gasteiger partial charge in [0.05, 0.1) is 11.4 Å². The Morgan fingerprint density at radius 3 is 2.58 bits per heavy atom. The van der Waals surface area contributed by atoms with Crippen molar-refractivity contribution in [2.45, 2.75) is 83.6 Å². The molecule has 1 N–H and O–H groups in total. The molecule has 0 bridgehead atoms. The number of aromatic nitrogens is 3. The zero-order valence-electron chi connectivity index (χ0n) is 20.8. The molecular weight excluding hydrogens is 471 g/mol. The van der Waals surface area contributed by atoms with E-state index in [0.717, 1.165) is 28.7 Å². The first-order chi connectivity index (χ1) is 17.0. The lowest BCUT2D eigenvalue weighted by Crippen LogP contribution is -2.49. The lowest BCUT2D eigenvalue weighted by molar-refractivity contribution is 0.0450. The summed E-state index contributed by atoms with van der Waals surface area (Å²) in [5, 5.41) is 7.47. The highest BCUT2D eigenvalue weighted by atomic mass is 19.2. The number of fused-ring (bicyclic) bond motifs is 3. The summed E-state index contributed by atoms with van der Waals surface area (Å²) < 4.78 is 49.7. The number of carbonyl (C=O) groups is 1. The first-order valence-electron chi connectivity index (χ1n) is 12.2. The Morgan fingerprint density at radius 1 is 1.08 bits per heavy atom. The third-order valence-corrected chi connectivity index (χ3v) is 7.00. The van der Waals surface area contributed by atoms with Gasteiger partial charge in [-0.2, -0.15) is 5.10 Å². The zero-order chi connectivity index (χ0) is 25.8. The van der Waals surface area contributed by atoms with Gasteiger partial charge < -0.3 is 10.1 Å². The molecule has 1 aliphatic heterocycles. The van der Waals surface area contributed by atoms with E-state index in [2.05, 4.69) is 20.3 Å². The molecule has 2 aromatic heterocycles. The van der Waals surface area contributed by atoms with Crippen LogP contribution in [0.4, 0.5) is 18.0 Å². The van der Waals surface area contributed by atoms with E-state index in [1.165, 1.54) is 0 Å². The molecular formula is C26H30F3N5O2. The Hall–Kier alpha value is -3.14.